The Labute approximate surface area is 115 Å². The van der Waals surface area contributed by atoms with Crippen LogP contribution in [-0.2, 0) is 11.3 Å². The van der Waals surface area contributed by atoms with Gasteiger partial charge in [0.1, 0.15) is 0 Å². The highest BCUT2D eigenvalue weighted by Crippen LogP contribution is 2.19. The summed E-state index contributed by atoms with van der Waals surface area (Å²) in [5.41, 5.74) is 1.18. The van der Waals surface area contributed by atoms with Crippen LogP contribution in [0.4, 0.5) is 0 Å². The fourth-order valence-electron chi connectivity index (χ4n) is 1.84. The van der Waals surface area contributed by atoms with Gasteiger partial charge in [-0.1, -0.05) is 37.6 Å². The van der Waals surface area contributed by atoms with E-state index < -0.39 is 0 Å². The van der Waals surface area contributed by atoms with E-state index in [4.69, 9.17) is 16.3 Å². The minimum Gasteiger partial charge on any atom is -0.372 e. The Hall–Kier alpha value is -0.570. The van der Waals surface area contributed by atoms with Crippen molar-refractivity contribution in [3.05, 3.63) is 34.9 Å². The Kier molecular flexibility index (Phi) is 5.04. The molecule has 1 aromatic carbocycles. The fraction of sp³-hybridized carbons (Fsp3) is 0.600. The molecule has 1 fully saturated rings. The van der Waals surface area contributed by atoms with Crippen molar-refractivity contribution in [3.8, 4) is 0 Å². The molecule has 1 saturated carbocycles. The SMILES string of the molecule is CC(C)C(CNC1CC1)OCc1ccc(Cl)cc1. The molecule has 18 heavy (non-hydrogen) atoms. The third-order valence-corrected chi connectivity index (χ3v) is 3.56. The molecule has 0 bridgehead atoms. The predicted molar refractivity (Wildman–Crippen MR) is 75.9 cm³/mol. The molecule has 3 heteroatoms. The maximum Gasteiger partial charge on any atom is 0.0726 e. The van der Waals surface area contributed by atoms with E-state index >= 15 is 0 Å². The smallest absolute Gasteiger partial charge is 0.0726 e. The number of benzene rings is 1. The lowest BCUT2D eigenvalue weighted by molar-refractivity contribution is 0.0111. The second-order valence-electron chi connectivity index (χ2n) is 5.40. The van der Waals surface area contributed by atoms with E-state index in [2.05, 4.69) is 19.2 Å². The minimum atomic E-state index is 0.279. The summed E-state index contributed by atoms with van der Waals surface area (Å²) in [5.74, 6) is 0.531. The van der Waals surface area contributed by atoms with Crippen LogP contribution >= 0.6 is 11.6 Å². The van der Waals surface area contributed by atoms with Crippen molar-refractivity contribution in [3.63, 3.8) is 0 Å². The molecule has 1 unspecified atom stereocenters. The lowest BCUT2D eigenvalue weighted by Crippen LogP contribution is -2.34. The molecule has 1 aliphatic rings. The van der Waals surface area contributed by atoms with Crippen LogP contribution in [0.3, 0.4) is 0 Å². The van der Waals surface area contributed by atoms with E-state index in [0.717, 1.165) is 17.6 Å². The molecular weight excluding hydrogens is 246 g/mol. The van der Waals surface area contributed by atoms with Crippen LogP contribution in [0.2, 0.25) is 5.02 Å². The number of hydrogen-bond donors (Lipinski definition) is 1. The number of nitrogens with one attached hydrogen (secondary N) is 1. The van der Waals surface area contributed by atoms with Crippen molar-refractivity contribution in [2.45, 2.75) is 45.4 Å². The first-order valence-electron chi connectivity index (χ1n) is 6.74. The molecule has 0 radical (unpaired) electrons. The van der Waals surface area contributed by atoms with Crippen molar-refractivity contribution in [1.29, 1.82) is 0 Å². The number of halogens is 1. The predicted octanol–water partition coefficient (Wildman–Crippen LogP) is 3.63. The fourth-order valence-corrected chi connectivity index (χ4v) is 1.97. The van der Waals surface area contributed by atoms with Crippen LogP contribution in [-0.4, -0.2) is 18.7 Å². The summed E-state index contributed by atoms with van der Waals surface area (Å²) in [6.07, 6.45) is 2.92. The first-order chi connectivity index (χ1) is 8.65. The highest BCUT2D eigenvalue weighted by Gasteiger charge is 2.23. The van der Waals surface area contributed by atoms with Gasteiger partial charge in [0.2, 0.25) is 0 Å². The van der Waals surface area contributed by atoms with Crippen LogP contribution < -0.4 is 5.32 Å². The second kappa shape index (κ2) is 6.55. The largest absolute Gasteiger partial charge is 0.372 e. The normalized spacial score (nSPS) is 17.1. The summed E-state index contributed by atoms with van der Waals surface area (Å²) in [5, 5.41) is 4.31. The maximum absolute atomic E-state index is 6.00. The molecule has 0 amide bonds. The van der Waals surface area contributed by atoms with Gasteiger partial charge in [0.05, 0.1) is 12.7 Å². The standard InChI is InChI=1S/C15H22ClNO/c1-11(2)15(9-17-14-7-8-14)18-10-12-3-5-13(16)6-4-12/h3-6,11,14-15,17H,7-10H2,1-2H3. The first-order valence-corrected chi connectivity index (χ1v) is 7.12. The van der Waals surface area contributed by atoms with E-state index in [1.165, 1.54) is 18.4 Å². The maximum atomic E-state index is 6.00. The average Bonchev–Trinajstić information content (AvgIpc) is 3.15. The molecule has 100 valence electrons. The number of rotatable bonds is 7. The zero-order valence-electron chi connectivity index (χ0n) is 11.2. The Morgan fingerprint density at radius 3 is 2.50 bits per heavy atom. The third kappa shape index (κ3) is 4.60. The van der Waals surface area contributed by atoms with Crippen LogP contribution in [0.1, 0.15) is 32.3 Å². The molecule has 0 aromatic heterocycles. The van der Waals surface area contributed by atoms with Gasteiger partial charge in [-0.25, -0.2) is 0 Å². The zero-order chi connectivity index (χ0) is 13.0. The van der Waals surface area contributed by atoms with E-state index in [1.807, 2.05) is 24.3 Å². The summed E-state index contributed by atoms with van der Waals surface area (Å²) in [6.45, 7) is 6.03. The Balaban J connectivity index is 1.78. The highest BCUT2D eigenvalue weighted by molar-refractivity contribution is 6.30. The molecule has 2 rings (SSSR count). The Morgan fingerprint density at radius 1 is 1.28 bits per heavy atom. The first kappa shape index (κ1) is 13.9. The van der Waals surface area contributed by atoms with Crippen molar-refractivity contribution < 1.29 is 4.74 Å². The topological polar surface area (TPSA) is 21.3 Å². The second-order valence-corrected chi connectivity index (χ2v) is 5.84. The van der Waals surface area contributed by atoms with Crippen molar-refractivity contribution in [1.82, 2.24) is 5.32 Å². The number of ether oxygens (including phenoxy) is 1. The molecule has 1 atom stereocenters. The van der Waals surface area contributed by atoms with Crippen molar-refractivity contribution in [2.24, 2.45) is 5.92 Å². The molecule has 0 heterocycles. The summed E-state index contributed by atoms with van der Waals surface area (Å²) >= 11 is 5.87. The van der Waals surface area contributed by atoms with Gasteiger partial charge in [-0.2, -0.15) is 0 Å². The zero-order valence-corrected chi connectivity index (χ0v) is 11.9. The van der Waals surface area contributed by atoms with E-state index in [-0.39, 0.29) is 6.10 Å². The summed E-state index contributed by atoms with van der Waals surface area (Å²) < 4.78 is 6.00. The van der Waals surface area contributed by atoms with Gasteiger partial charge in [-0.3, -0.25) is 0 Å². The monoisotopic (exact) mass is 267 g/mol. The van der Waals surface area contributed by atoms with Crippen LogP contribution in [0.25, 0.3) is 0 Å². The molecule has 0 spiro atoms. The van der Waals surface area contributed by atoms with Crippen LogP contribution in [0, 0.1) is 5.92 Å². The van der Waals surface area contributed by atoms with Gasteiger partial charge in [0.25, 0.3) is 0 Å². The quantitative estimate of drug-likeness (QED) is 0.815. The van der Waals surface area contributed by atoms with Gasteiger partial charge in [-0.15, -0.1) is 0 Å². The Bertz CT molecular complexity index is 359. The minimum absolute atomic E-state index is 0.279. The molecule has 2 nitrogen and oxygen atoms in total. The molecule has 0 saturated heterocycles. The highest BCUT2D eigenvalue weighted by atomic mass is 35.5. The van der Waals surface area contributed by atoms with Crippen LogP contribution in [0.5, 0.6) is 0 Å². The molecule has 1 aliphatic carbocycles. The molecule has 1 aromatic rings. The van der Waals surface area contributed by atoms with E-state index in [9.17, 15) is 0 Å². The summed E-state index contributed by atoms with van der Waals surface area (Å²) in [6, 6.07) is 8.60. The van der Waals surface area contributed by atoms with E-state index in [0.29, 0.717) is 12.5 Å². The average molecular weight is 268 g/mol. The van der Waals surface area contributed by atoms with E-state index in [1.54, 1.807) is 0 Å². The molecular formula is C15H22ClNO. The molecule has 0 aliphatic heterocycles. The van der Waals surface area contributed by atoms with Gasteiger partial charge in [-0.05, 0) is 36.5 Å². The lowest BCUT2D eigenvalue weighted by Gasteiger charge is -2.22. The van der Waals surface area contributed by atoms with Gasteiger partial charge >= 0.3 is 0 Å². The van der Waals surface area contributed by atoms with Gasteiger partial charge in [0.15, 0.2) is 0 Å². The Morgan fingerprint density at radius 2 is 1.94 bits per heavy atom. The molecule has 1 N–H and O–H groups in total. The van der Waals surface area contributed by atoms with Gasteiger partial charge in [0, 0.05) is 17.6 Å². The third-order valence-electron chi connectivity index (χ3n) is 3.31. The van der Waals surface area contributed by atoms with Gasteiger partial charge < -0.3 is 10.1 Å². The lowest BCUT2D eigenvalue weighted by atomic mass is 10.1. The number of hydrogen-bond acceptors (Lipinski definition) is 2. The van der Waals surface area contributed by atoms with Crippen molar-refractivity contribution in [2.75, 3.05) is 6.54 Å². The summed E-state index contributed by atoms with van der Waals surface area (Å²) in [4.78, 5) is 0. The summed E-state index contributed by atoms with van der Waals surface area (Å²) in [7, 11) is 0. The van der Waals surface area contributed by atoms with Crippen molar-refractivity contribution >= 4 is 11.6 Å². The van der Waals surface area contributed by atoms with Crippen LogP contribution in [0.15, 0.2) is 24.3 Å².